The Labute approximate surface area is 544 Å². The second-order valence-electron chi connectivity index (χ2n) is 19.5. The molecule has 0 saturated heterocycles. The van der Waals surface area contributed by atoms with E-state index in [-0.39, 0.29) is 20.4 Å². The van der Waals surface area contributed by atoms with Gasteiger partial charge in [0, 0.05) is 31.5 Å². The first kappa shape index (κ1) is 66.5. The summed E-state index contributed by atoms with van der Waals surface area (Å²) in [6.45, 7) is 2.82. The van der Waals surface area contributed by atoms with Gasteiger partial charge in [0.1, 0.15) is 98.9 Å². The highest BCUT2D eigenvalue weighted by molar-refractivity contribution is 5.94. The van der Waals surface area contributed by atoms with Crippen molar-refractivity contribution in [3.8, 4) is 51.7 Å². The maximum atomic E-state index is 6.06. The molecule has 4 aromatic heterocycles. The van der Waals surface area contributed by atoms with Crippen molar-refractivity contribution in [3.63, 3.8) is 0 Å². The Balaban J connectivity index is 0.000000151. The van der Waals surface area contributed by atoms with Crippen molar-refractivity contribution in [2.75, 3.05) is 107 Å². The summed E-state index contributed by atoms with van der Waals surface area (Å²) in [5.41, 5.74) is 30.8. The van der Waals surface area contributed by atoms with Gasteiger partial charge in [0.2, 0.25) is 20.4 Å². The number of aliphatic imine (C=N–C) groups is 1. The van der Waals surface area contributed by atoms with Gasteiger partial charge in [-0.3, -0.25) is 4.99 Å². The average molecular weight is 1300 g/mol. The Hall–Kier alpha value is -12.9. The quantitative estimate of drug-likeness (QED) is 0.0226. The lowest BCUT2D eigenvalue weighted by molar-refractivity contribution is 0.173. The van der Waals surface area contributed by atoms with Gasteiger partial charge in [-0.15, -0.1) is 0 Å². The molecule has 492 valence electrons. The zero-order valence-electron chi connectivity index (χ0n) is 52.4. The maximum absolute atomic E-state index is 6.06. The molecule has 0 fully saturated rings. The topological polar surface area (TPSA) is 416 Å². The number of nitrogens with one attached hydrogen (secondary N) is 4. The molecular formula is C63H68N20O12. The minimum Gasteiger partial charge on any atom is -0.497 e. The van der Waals surface area contributed by atoms with Crippen molar-refractivity contribution in [1.29, 1.82) is 0 Å². The minimum atomic E-state index is 0.248. The summed E-state index contributed by atoms with van der Waals surface area (Å²) in [4.78, 5) is 51.2. The van der Waals surface area contributed by atoms with Crippen LogP contribution in [-0.2, 0) is 40.7 Å². The number of nitrogens with zero attached hydrogens (tertiary/aromatic N) is 12. The largest absolute Gasteiger partial charge is 0.497 e. The number of benzene rings is 5. The number of nitrogens with two attached hydrogens (primary N) is 4. The lowest BCUT2D eigenvalue weighted by Gasteiger charge is -2.12. The number of hydrogen-bond donors (Lipinski definition) is 8. The Morgan fingerprint density at radius 1 is 0.389 bits per heavy atom. The van der Waals surface area contributed by atoms with Crippen LogP contribution in [0.15, 0.2) is 143 Å². The molecule has 12 rings (SSSR count). The molecule has 7 heterocycles. The third-order valence-electron chi connectivity index (χ3n) is 13.5. The molecule has 0 saturated carbocycles. The summed E-state index contributed by atoms with van der Waals surface area (Å²) in [6.07, 6.45) is 11.7. The maximum Gasteiger partial charge on any atom is 0.231 e. The predicted molar refractivity (Wildman–Crippen MR) is 356 cm³/mol. The number of rotatable bonds is 23. The number of fused-ring (bicyclic) bond motifs is 3. The van der Waals surface area contributed by atoms with Gasteiger partial charge in [-0.25, -0.2) is 39.9 Å². The zero-order valence-corrected chi connectivity index (χ0v) is 52.4. The van der Waals surface area contributed by atoms with Gasteiger partial charge < -0.3 is 101 Å². The van der Waals surface area contributed by atoms with E-state index in [1.165, 1.54) is 65.3 Å². The molecule has 32 nitrogen and oxygen atoms in total. The van der Waals surface area contributed by atoms with Gasteiger partial charge in [0.25, 0.3) is 0 Å². The predicted octanol–water partition coefficient (Wildman–Crippen LogP) is 7.59. The standard InChI is InChI=1S/C21H19N5O4.C15H19N5O3.C14H15N5O3.C13H15N5O2/c22-20-15(9-23-7-13-1-3-16-18(5-13)29-11-27-16)21(26-10-25-20)24-8-14-2-4-17-19(6-14)30-12-28-17;1-21-12-5-4-10(6-13(12)22-2)7-17-15-11(8-20-23-3)14(16)18-9-19-15;1-20-19-6-10-13(15)17-7-18-14(10)16-5-9-2-3-11-12(4-9)22-8-21-11;1-19-10-5-3-9(4-6-10)18-13-11(7-17-20-2)12(14)15-8-16-13/h1-6,9-10H,7-8,11-12H2,(H3,22,24,25,26);4-6,8-9H,7H2,1-3H3,(H3,16,17,18,19);2-4,6-7H,5,8H2,1H3,(H3,15,16,17,18);3-8H,1-2H3,(H3,14,15,16,18)/b;20-8+;19-6+;17-7+. The first-order valence-electron chi connectivity index (χ1n) is 28.6. The van der Waals surface area contributed by atoms with E-state index in [1.54, 1.807) is 27.5 Å². The van der Waals surface area contributed by atoms with Crippen LogP contribution in [0.5, 0.6) is 51.7 Å². The van der Waals surface area contributed by atoms with Crippen LogP contribution in [0.3, 0.4) is 0 Å². The van der Waals surface area contributed by atoms with Crippen LogP contribution in [0.2, 0.25) is 0 Å². The van der Waals surface area contributed by atoms with Crippen LogP contribution in [0, 0.1) is 0 Å². The van der Waals surface area contributed by atoms with Gasteiger partial charge in [-0.2, -0.15) is 0 Å². The van der Waals surface area contributed by atoms with Gasteiger partial charge >= 0.3 is 0 Å². The van der Waals surface area contributed by atoms with E-state index in [0.717, 1.165) is 68.2 Å². The smallest absolute Gasteiger partial charge is 0.231 e. The van der Waals surface area contributed by atoms with Crippen LogP contribution in [0.4, 0.5) is 52.2 Å². The Morgan fingerprint density at radius 2 is 0.758 bits per heavy atom. The molecule has 95 heavy (non-hydrogen) atoms. The molecule has 3 aliphatic heterocycles. The second kappa shape index (κ2) is 33.8. The molecule has 12 N–H and O–H groups in total. The highest BCUT2D eigenvalue weighted by Crippen LogP contribution is 2.36. The fourth-order valence-corrected chi connectivity index (χ4v) is 8.73. The van der Waals surface area contributed by atoms with E-state index in [9.17, 15) is 0 Å². The highest BCUT2D eigenvalue weighted by atomic mass is 16.7. The first-order chi connectivity index (χ1) is 46.5. The number of anilines is 9. The molecule has 0 atom stereocenters. The molecule has 0 spiro atoms. The number of nitrogen functional groups attached to an aromatic ring is 4. The fraction of sp³-hybridized carbons (Fsp3) is 0.206. The molecule has 0 bridgehead atoms. The van der Waals surface area contributed by atoms with Crippen molar-refractivity contribution < 1.29 is 57.1 Å². The normalized spacial score (nSPS) is 12.0. The van der Waals surface area contributed by atoms with Crippen LogP contribution in [-0.4, -0.2) is 128 Å². The summed E-state index contributed by atoms with van der Waals surface area (Å²) in [5.74, 6) is 10.2. The van der Waals surface area contributed by atoms with Crippen molar-refractivity contribution >= 4 is 77.1 Å². The van der Waals surface area contributed by atoms with Gasteiger partial charge in [0.05, 0.1) is 68.8 Å². The van der Waals surface area contributed by atoms with Crippen molar-refractivity contribution in [1.82, 2.24) is 39.9 Å². The van der Waals surface area contributed by atoms with E-state index in [1.807, 2.05) is 97.1 Å². The molecule has 9 aromatic rings. The lowest BCUT2D eigenvalue weighted by atomic mass is 10.2. The molecule has 0 aliphatic carbocycles. The second-order valence-corrected chi connectivity index (χ2v) is 19.5. The molecule has 0 radical (unpaired) electrons. The van der Waals surface area contributed by atoms with Gasteiger partial charge in [-0.05, 0) is 95.1 Å². The summed E-state index contributed by atoms with van der Waals surface area (Å²) in [7, 11) is 9.17. The van der Waals surface area contributed by atoms with Crippen LogP contribution in [0.25, 0.3) is 0 Å². The minimum absolute atomic E-state index is 0.248. The van der Waals surface area contributed by atoms with E-state index >= 15 is 0 Å². The Bertz CT molecular complexity index is 4150. The van der Waals surface area contributed by atoms with E-state index in [0.29, 0.717) is 106 Å². The first-order valence-corrected chi connectivity index (χ1v) is 28.6. The Kier molecular flexibility index (Phi) is 23.7. The number of aromatic nitrogens is 8. The summed E-state index contributed by atoms with van der Waals surface area (Å²) in [6, 6.07) is 30.4. The number of methoxy groups -OCH3 is 3. The monoisotopic (exact) mass is 1300 g/mol. The molecule has 5 aromatic carbocycles. The number of ether oxygens (including phenoxy) is 9. The molecule has 3 aliphatic rings. The van der Waals surface area contributed by atoms with E-state index in [2.05, 4.69) is 96.1 Å². The SMILES string of the molecule is CO/N=C/c1c(N)ncnc1NCc1ccc(OC)c(OC)c1.CO/N=C/c1c(N)ncnc1NCc1ccc2c(c1)OCO2.CO/N=C/c1c(N)ncnc1Nc1ccc(OC)cc1.Nc1ncnc(NCc2ccc3c(c2)OCO3)c1C=NCc1ccc2c(c1)OCO2. The van der Waals surface area contributed by atoms with Crippen LogP contribution in [0.1, 0.15) is 44.5 Å². The van der Waals surface area contributed by atoms with Crippen LogP contribution >= 0.6 is 0 Å². The third kappa shape index (κ3) is 18.4. The molecule has 0 unspecified atom stereocenters. The van der Waals surface area contributed by atoms with E-state index in [4.69, 9.17) is 65.6 Å². The van der Waals surface area contributed by atoms with Crippen molar-refractivity contribution in [3.05, 3.63) is 167 Å². The summed E-state index contributed by atoms with van der Waals surface area (Å²) < 4.78 is 47.8. The number of hydrogen-bond acceptors (Lipinski definition) is 32. The average Bonchev–Trinajstić information content (AvgIpc) is 2.28. The highest BCUT2D eigenvalue weighted by Gasteiger charge is 2.18. The Morgan fingerprint density at radius 3 is 1.18 bits per heavy atom. The van der Waals surface area contributed by atoms with Crippen molar-refractivity contribution in [2.24, 2.45) is 20.5 Å². The molecular weight excluding hydrogens is 1230 g/mol. The summed E-state index contributed by atoms with van der Waals surface area (Å²) in [5, 5.41) is 23.9. The van der Waals surface area contributed by atoms with Gasteiger partial charge in [-0.1, -0.05) is 39.7 Å². The van der Waals surface area contributed by atoms with E-state index < -0.39 is 0 Å². The zero-order chi connectivity index (χ0) is 66.7. The summed E-state index contributed by atoms with van der Waals surface area (Å²) >= 11 is 0. The molecule has 0 amide bonds. The third-order valence-corrected chi connectivity index (χ3v) is 13.5. The lowest BCUT2D eigenvalue weighted by Crippen LogP contribution is -2.08. The van der Waals surface area contributed by atoms with Gasteiger partial charge in [0.15, 0.2) is 46.0 Å². The fourth-order valence-electron chi connectivity index (χ4n) is 8.73. The molecule has 32 heteroatoms. The van der Waals surface area contributed by atoms with Crippen molar-refractivity contribution in [2.45, 2.75) is 26.2 Å². The van der Waals surface area contributed by atoms with Crippen LogP contribution < -0.4 is 86.8 Å². The number of oxime groups is 3.